The predicted molar refractivity (Wildman–Crippen MR) is 69.9 cm³/mol. The van der Waals surface area contributed by atoms with Crippen molar-refractivity contribution in [2.24, 2.45) is 0 Å². The van der Waals surface area contributed by atoms with Crippen LogP contribution >= 0.6 is 0 Å². The van der Waals surface area contributed by atoms with Gasteiger partial charge in [-0.2, -0.15) is 0 Å². The Labute approximate surface area is 108 Å². The van der Waals surface area contributed by atoms with Crippen LogP contribution in [0.2, 0.25) is 0 Å². The molecule has 0 radical (unpaired) electrons. The number of aromatic nitrogens is 1. The minimum absolute atomic E-state index is 0.369. The first-order chi connectivity index (χ1) is 8.17. The zero-order valence-corrected chi connectivity index (χ0v) is 11.5. The van der Waals surface area contributed by atoms with E-state index >= 15 is 0 Å². The molecule has 1 aromatic heterocycles. The smallest absolute Gasteiger partial charge is 0.495 e. The normalized spacial score (nSPS) is 12.4. The number of ether oxygens (including phenoxy) is 1. The predicted octanol–water partition coefficient (Wildman–Crippen LogP) is 0.344. The lowest BCUT2D eigenvalue weighted by Crippen LogP contribution is -2.53. The summed E-state index contributed by atoms with van der Waals surface area (Å²) in [5.74, 6) is 0.604. The van der Waals surface area contributed by atoms with Gasteiger partial charge in [0.1, 0.15) is 5.75 Å². The third-order valence-corrected chi connectivity index (χ3v) is 3.13. The van der Waals surface area contributed by atoms with Gasteiger partial charge < -0.3 is 19.5 Å². The van der Waals surface area contributed by atoms with Crippen LogP contribution in [-0.2, 0) is 4.65 Å². The summed E-state index contributed by atoms with van der Waals surface area (Å²) in [4.78, 5) is 4.03. The molecule has 0 amide bonds. The minimum atomic E-state index is -1.20. The highest BCUT2D eigenvalue weighted by atomic mass is 16.5. The van der Waals surface area contributed by atoms with Gasteiger partial charge in [-0.25, -0.2) is 0 Å². The second-order valence-corrected chi connectivity index (χ2v) is 5.16. The van der Waals surface area contributed by atoms with Crippen LogP contribution in [0.3, 0.4) is 0 Å². The quantitative estimate of drug-likeness (QED) is 0.740. The van der Waals surface area contributed by atoms with E-state index in [0.29, 0.717) is 11.3 Å². The first-order valence-corrected chi connectivity index (χ1v) is 5.75. The molecular weight excluding hydrogens is 233 g/mol. The zero-order chi connectivity index (χ0) is 14.0. The second-order valence-electron chi connectivity index (χ2n) is 5.16. The van der Waals surface area contributed by atoms with Gasteiger partial charge >= 0.3 is 7.12 Å². The molecule has 1 aromatic rings. The molecule has 5 nitrogen and oxygen atoms in total. The van der Waals surface area contributed by atoms with E-state index in [1.807, 2.05) is 0 Å². The van der Waals surface area contributed by atoms with Gasteiger partial charge in [0.05, 0.1) is 30.1 Å². The molecule has 18 heavy (non-hydrogen) atoms. The van der Waals surface area contributed by atoms with Gasteiger partial charge in [-0.3, -0.25) is 4.98 Å². The maximum atomic E-state index is 9.95. The molecule has 2 N–H and O–H groups in total. The van der Waals surface area contributed by atoms with E-state index in [-0.39, 0.29) is 0 Å². The molecule has 0 fully saturated rings. The molecule has 0 aliphatic heterocycles. The number of aliphatic hydroxyl groups is 1. The fourth-order valence-electron chi connectivity index (χ4n) is 1.14. The van der Waals surface area contributed by atoms with E-state index in [2.05, 4.69) is 4.98 Å². The van der Waals surface area contributed by atoms with Gasteiger partial charge in [-0.05, 0) is 39.8 Å². The molecule has 0 bridgehead atoms. The van der Waals surface area contributed by atoms with Crippen molar-refractivity contribution >= 4 is 12.7 Å². The van der Waals surface area contributed by atoms with Crippen LogP contribution in [0.25, 0.3) is 0 Å². The molecule has 1 heterocycles. The third-order valence-electron chi connectivity index (χ3n) is 3.13. The number of hydrogen-bond donors (Lipinski definition) is 2. The Balaban J connectivity index is 2.78. The van der Waals surface area contributed by atoms with E-state index in [1.165, 1.54) is 6.20 Å². The first kappa shape index (κ1) is 15.0. The molecule has 0 saturated carbocycles. The summed E-state index contributed by atoms with van der Waals surface area (Å²) in [7, 11) is 0.346. The number of hydrogen-bond acceptors (Lipinski definition) is 5. The van der Waals surface area contributed by atoms with Gasteiger partial charge in [-0.15, -0.1) is 0 Å². The average molecular weight is 253 g/mol. The molecule has 0 atom stereocenters. The third kappa shape index (κ3) is 3.44. The Morgan fingerprint density at radius 3 is 2.22 bits per heavy atom. The van der Waals surface area contributed by atoms with Crippen molar-refractivity contribution in [1.29, 1.82) is 0 Å². The Morgan fingerprint density at radius 1 is 1.22 bits per heavy atom. The standard InChI is InChI=1S/C12H20BNO4/c1-11(2,15)12(3,4)18-13(16)10-7-6-9(17-5)8-14-10/h6-8,15-16H,1-5H3. The van der Waals surface area contributed by atoms with E-state index < -0.39 is 18.3 Å². The first-order valence-electron chi connectivity index (χ1n) is 5.75. The molecular formula is C12H20BNO4. The Hall–Kier alpha value is -1.11. The van der Waals surface area contributed by atoms with Gasteiger partial charge in [0.25, 0.3) is 0 Å². The summed E-state index contributed by atoms with van der Waals surface area (Å²) in [6, 6.07) is 3.30. The van der Waals surface area contributed by atoms with Crippen molar-refractivity contribution in [3.63, 3.8) is 0 Å². The van der Waals surface area contributed by atoms with Crippen LogP contribution in [0.15, 0.2) is 18.3 Å². The molecule has 0 aliphatic carbocycles. The van der Waals surface area contributed by atoms with Crippen LogP contribution in [0.1, 0.15) is 27.7 Å². The van der Waals surface area contributed by atoms with Crippen molar-refractivity contribution < 1.29 is 19.5 Å². The summed E-state index contributed by atoms with van der Waals surface area (Å²) in [6.45, 7) is 6.67. The Morgan fingerprint density at radius 2 is 1.83 bits per heavy atom. The fraction of sp³-hybridized carbons (Fsp3) is 0.583. The SMILES string of the molecule is COc1ccc(B(O)OC(C)(C)C(C)(C)O)nc1. The topological polar surface area (TPSA) is 71.8 Å². The fourth-order valence-corrected chi connectivity index (χ4v) is 1.14. The number of rotatable bonds is 5. The van der Waals surface area contributed by atoms with Gasteiger partial charge in [0.2, 0.25) is 0 Å². The van der Waals surface area contributed by atoms with E-state index in [0.717, 1.165) is 0 Å². The maximum Gasteiger partial charge on any atom is 0.511 e. The summed E-state index contributed by atoms with van der Waals surface area (Å²) in [5, 5.41) is 19.9. The lowest BCUT2D eigenvalue weighted by Gasteiger charge is -2.38. The molecule has 1 rings (SSSR count). The van der Waals surface area contributed by atoms with Crippen LogP contribution in [0.5, 0.6) is 5.75 Å². The van der Waals surface area contributed by atoms with Crippen LogP contribution < -0.4 is 10.3 Å². The maximum absolute atomic E-state index is 9.95. The van der Waals surface area contributed by atoms with E-state index in [9.17, 15) is 10.1 Å². The highest BCUT2D eigenvalue weighted by molar-refractivity contribution is 6.59. The lowest BCUT2D eigenvalue weighted by molar-refractivity contribution is -0.0983. The number of pyridine rings is 1. The Bertz CT molecular complexity index is 386. The van der Waals surface area contributed by atoms with E-state index in [4.69, 9.17) is 9.39 Å². The van der Waals surface area contributed by atoms with Crippen molar-refractivity contribution in [1.82, 2.24) is 4.98 Å². The molecule has 0 spiro atoms. The number of nitrogens with zero attached hydrogens (tertiary/aromatic N) is 1. The summed E-state index contributed by atoms with van der Waals surface area (Å²) in [6.07, 6.45) is 1.50. The summed E-state index contributed by atoms with van der Waals surface area (Å²) >= 11 is 0. The summed E-state index contributed by atoms with van der Waals surface area (Å²) < 4.78 is 10.4. The molecule has 0 saturated heterocycles. The average Bonchev–Trinajstić information content (AvgIpc) is 2.27. The monoisotopic (exact) mass is 253 g/mol. The highest BCUT2D eigenvalue weighted by Crippen LogP contribution is 2.25. The molecule has 100 valence electrons. The van der Waals surface area contributed by atoms with Crippen LogP contribution in [0.4, 0.5) is 0 Å². The Kier molecular flexibility index (Phi) is 4.37. The molecule has 0 aromatic carbocycles. The van der Waals surface area contributed by atoms with Gasteiger partial charge in [0, 0.05) is 0 Å². The highest BCUT2D eigenvalue weighted by Gasteiger charge is 2.39. The van der Waals surface area contributed by atoms with Gasteiger partial charge in [0.15, 0.2) is 0 Å². The minimum Gasteiger partial charge on any atom is -0.495 e. The van der Waals surface area contributed by atoms with Crippen LogP contribution in [0, 0.1) is 0 Å². The molecule has 6 heteroatoms. The van der Waals surface area contributed by atoms with Crippen LogP contribution in [-0.4, -0.2) is 40.5 Å². The second kappa shape index (κ2) is 5.26. The van der Waals surface area contributed by atoms with Gasteiger partial charge in [-0.1, -0.05) is 0 Å². The van der Waals surface area contributed by atoms with Crippen molar-refractivity contribution in [2.75, 3.05) is 7.11 Å². The van der Waals surface area contributed by atoms with Crippen molar-refractivity contribution in [3.05, 3.63) is 18.3 Å². The lowest BCUT2D eigenvalue weighted by atomic mass is 9.80. The van der Waals surface area contributed by atoms with Crippen molar-refractivity contribution in [3.8, 4) is 5.75 Å². The largest absolute Gasteiger partial charge is 0.511 e. The number of methoxy groups -OCH3 is 1. The molecule has 0 aliphatic rings. The zero-order valence-electron chi connectivity index (χ0n) is 11.5. The van der Waals surface area contributed by atoms with E-state index in [1.54, 1.807) is 46.9 Å². The molecule has 0 unspecified atom stereocenters. The van der Waals surface area contributed by atoms with Crippen molar-refractivity contribution in [2.45, 2.75) is 38.9 Å². The summed E-state index contributed by atoms with van der Waals surface area (Å²) in [5.41, 5.74) is -1.62.